The first-order valence-electron chi connectivity index (χ1n) is 10.3. The van der Waals surface area contributed by atoms with Gasteiger partial charge in [0.05, 0.1) is 0 Å². The van der Waals surface area contributed by atoms with Gasteiger partial charge in [-0.2, -0.15) is 0 Å². The SMILES string of the molecule is CCCCP(=O)(O)[C@@H]1CC[C@H](N)C1.CCCCP(=O)(O)[C@H]1CC[C@@H](N)C1. The highest BCUT2D eigenvalue weighted by molar-refractivity contribution is 7.59. The van der Waals surface area contributed by atoms with Crippen molar-refractivity contribution in [2.75, 3.05) is 12.3 Å². The van der Waals surface area contributed by atoms with E-state index in [2.05, 4.69) is 0 Å². The molecule has 0 aliphatic heterocycles. The van der Waals surface area contributed by atoms with Gasteiger partial charge in [0.1, 0.15) is 0 Å². The van der Waals surface area contributed by atoms with Crippen LogP contribution in [0.15, 0.2) is 0 Å². The zero-order valence-corrected chi connectivity index (χ0v) is 18.3. The highest BCUT2D eigenvalue weighted by Crippen LogP contribution is 2.53. The zero-order chi connectivity index (χ0) is 19.8. The van der Waals surface area contributed by atoms with E-state index >= 15 is 0 Å². The maximum absolute atomic E-state index is 11.8. The second-order valence-electron chi connectivity index (χ2n) is 8.12. The molecule has 2 rings (SSSR count). The molecule has 0 aromatic rings. The third-order valence-electron chi connectivity index (χ3n) is 5.70. The predicted molar refractivity (Wildman–Crippen MR) is 110 cm³/mol. The molecule has 26 heavy (non-hydrogen) atoms. The van der Waals surface area contributed by atoms with Crippen LogP contribution in [0.25, 0.3) is 0 Å². The van der Waals surface area contributed by atoms with E-state index in [1.165, 1.54) is 0 Å². The molecule has 0 aromatic carbocycles. The quantitative estimate of drug-likeness (QED) is 0.450. The first-order valence-corrected chi connectivity index (χ1v) is 14.1. The van der Waals surface area contributed by atoms with E-state index in [9.17, 15) is 18.9 Å². The summed E-state index contributed by atoms with van der Waals surface area (Å²) in [5.41, 5.74) is 11.4. The van der Waals surface area contributed by atoms with Crippen molar-refractivity contribution in [3.63, 3.8) is 0 Å². The van der Waals surface area contributed by atoms with Crippen LogP contribution in [-0.4, -0.2) is 45.5 Å². The van der Waals surface area contributed by atoms with Crippen molar-refractivity contribution in [3.05, 3.63) is 0 Å². The van der Waals surface area contributed by atoms with Crippen molar-refractivity contribution in [1.29, 1.82) is 0 Å². The molecule has 6 nitrogen and oxygen atoms in total. The van der Waals surface area contributed by atoms with Crippen LogP contribution < -0.4 is 11.5 Å². The minimum absolute atomic E-state index is 0.00551. The fourth-order valence-electron chi connectivity index (χ4n) is 3.85. The normalized spacial score (nSPS) is 33.2. The lowest BCUT2D eigenvalue weighted by atomic mass is 10.3. The van der Waals surface area contributed by atoms with E-state index in [1.54, 1.807) is 0 Å². The lowest BCUT2D eigenvalue weighted by Gasteiger charge is -2.17. The molecule has 0 heterocycles. The van der Waals surface area contributed by atoms with Gasteiger partial charge in [0.25, 0.3) is 0 Å². The molecule has 2 fully saturated rings. The van der Waals surface area contributed by atoms with Crippen molar-refractivity contribution in [2.24, 2.45) is 11.5 Å². The minimum atomic E-state index is -2.87. The van der Waals surface area contributed by atoms with Gasteiger partial charge in [-0.1, -0.05) is 26.7 Å². The van der Waals surface area contributed by atoms with Crippen LogP contribution >= 0.6 is 14.7 Å². The first-order chi connectivity index (χ1) is 12.1. The van der Waals surface area contributed by atoms with Crippen molar-refractivity contribution < 1.29 is 18.9 Å². The van der Waals surface area contributed by atoms with Crippen LogP contribution in [0.2, 0.25) is 0 Å². The molecule has 8 heteroatoms. The largest absolute Gasteiger partial charge is 0.344 e. The van der Waals surface area contributed by atoms with Gasteiger partial charge in [0.15, 0.2) is 0 Å². The Hall–Kier alpha value is 0.300. The van der Waals surface area contributed by atoms with Gasteiger partial charge < -0.3 is 21.3 Å². The van der Waals surface area contributed by atoms with Gasteiger partial charge in [-0.3, -0.25) is 9.13 Å². The van der Waals surface area contributed by atoms with E-state index in [0.717, 1.165) is 64.2 Å². The summed E-state index contributed by atoms with van der Waals surface area (Å²) in [6, 6.07) is 0.319. The standard InChI is InChI=1S/2C9H20NO2P/c2*1-2-3-6-13(11,12)9-5-4-8(10)7-9/h2*8-9H,2-7,10H2,1H3,(H,11,12)/t2*8-,9+/m10/s1. The van der Waals surface area contributed by atoms with Crippen LogP contribution in [0.5, 0.6) is 0 Å². The molecule has 0 saturated heterocycles. The second-order valence-corrected chi connectivity index (χ2v) is 13.5. The van der Waals surface area contributed by atoms with Crippen molar-refractivity contribution in [1.82, 2.24) is 0 Å². The average molecular weight is 410 g/mol. The monoisotopic (exact) mass is 410 g/mol. The van der Waals surface area contributed by atoms with Crippen LogP contribution in [0.4, 0.5) is 0 Å². The predicted octanol–water partition coefficient (Wildman–Crippen LogP) is 3.87. The summed E-state index contributed by atoms with van der Waals surface area (Å²) in [6.07, 6.45) is 9.70. The second kappa shape index (κ2) is 11.3. The van der Waals surface area contributed by atoms with Gasteiger partial charge in [0, 0.05) is 35.7 Å². The maximum Gasteiger partial charge on any atom is 0.203 e. The van der Waals surface area contributed by atoms with Crippen LogP contribution in [0.1, 0.15) is 78.1 Å². The summed E-state index contributed by atoms with van der Waals surface area (Å²) < 4.78 is 23.6. The zero-order valence-electron chi connectivity index (χ0n) is 16.6. The summed E-state index contributed by atoms with van der Waals surface area (Å²) in [7, 11) is -5.75. The summed E-state index contributed by atoms with van der Waals surface area (Å²) in [5.74, 6) is 0. The van der Waals surface area contributed by atoms with Crippen molar-refractivity contribution in [3.8, 4) is 0 Å². The van der Waals surface area contributed by atoms with Crippen molar-refractivity contribution >= 4 is 14.7 Å². The summed E-state index contributed by atoms with van der Waals surface area (Å²) in [5, 5.41) is 0. The van der Waals surface area contributed by atoms with Gasteiger partial charge in [-0.25, -0.2) is 0 Å². The van der Waals surface area contributed by atoms with E-state index in [-0.39, 0.29) is 23.4 Å². The van der Waals surface area contributed by atoms with Crippen LogP contribution in [0, 0.1) is 0 Å². The molecule has 2 unspecified atom stereocenters. The molecule has 6 atom stereocenters. The van der Waals surface area contributed by atoms with Gasteiger partial charge >= 0.3 is 0 Å². The Bertz CT molecular complexity index is 460. The number of nitrogens with two attached hydrogens (primary N) is 2. The Morgan fingerprint density at radius 3 is 1.35 bits per heavy atom. The van der Waals surface area contributed by atoms with Gasteiger partial charge in [-0.05, 0) is 51.4 Å². The number of hydrogen-bond acceptors (Lipinski definition) is 4. The topological polar surface area (TPSA) is 127 Å². The van der Waals surface area contributed by atoms with E-state index in [1.807, 2.05) is 13.8 Å². The van der Waals surface area contributed by atoms with Gasteiger partial charge in [-0.15, -0.1) is 0 Å². The lowest BCUT2D eigenvalue weighted by Crippen LogP contribution is -2.16. The molecule has 0 amide bonds. The molecule has 6 N–H and O–H groups in total. The fourth-order valence-corrected chi connectivity index (χ4v) is 8.43. The summed E-state index contributed by atoms with van der Waals surface area (Å²) in [4.78, 5) is 19.5. The Morgan fingerprint density at radius 2 is 1.12 bits per heavy atom. The van der Waals surface area contributed by atoms with Crippen LogP contribution in [-0.2, 0) is 9.13 Å². The lowest BCUT2D eigenvalue weighted by molar-refractivity contribution is 0.457. The highest BCUT2D eigenvalue weighted by atomic mass is 31.2. The third kappa shape index (κ3) is 8.12. The van der Waals surface area contributed by atoms with Gasteiger partial charge in [0.2, 0.25) is 14.7 Å². The van der Waals surface area contributed by atoms with Crippen LogP contribution in [0.3, 0.4) is 0 Å². The minimum Gasteiger partial charge on any atom is -0.344 e. The molecular formula is C18H40N2O4P2. The Labute approximate surface area is 159 Å². The molecule has 0 bridgehead atoms. The fraction of sp³-hybridized carbons (Fsp3) is 1.00. The molecule has 2 saturated carbocycles. The summed E-state index contributed by atoms with van der Waals surface area (Å²) in [6.45, 7) is 4.08. The Morgan fingerprint density at radius 1 is 0.769 bits per heavy atom. The van der Waals surface area contributed by atoms with E-state index in [0.29, 0.717) is 12.3 Å². The first kappa shape index (κ1) is 24.3. The molecule has 2 aliphatic carbocycles. The summed E-state index contributed by atoms with van der Waals surface area (Å²) >= 11 is 0. The highest BCUT2D eigenvalue weighted by Gasteiger charge is 2.36. The molecule has 0 spiro atoms. The molecule has 0 aromatic heterocycles. The molecule has 2 aliphatic rings. The van der Waals surface area contributed by atoms with E-state index in [4.69, 9.17) is 11.5 Å². The number of hydrogen-bond donors (Lipinski definition) is 4. The maximum atomic E-state index is 11.8. The Kier molecular flexibility index (Phi) is 10.6. The third-order valence-corrected chi connectivity index (χ3v) is 10.8. The molecular weight excluding hydrogens is 370 g/mol. The average Bonchev–Trinajstić information content (AvgIpc) is 3.21. The smallest absolute Gasteiger partial charge is 0.203 e. The van der Waals surface area contributed by atoms with Crippen molar-refractivity contribution in [2.45, 2.75) is 101 Å². The number of rotatable bonds is 8. The Balaban J connectivity index is 0.000000260. The molecule has 156 valence electrons. The molecule has 0 radical (unpaired) electrons. The number of unbranched alkanes of at least 4 members (excludes halogenated alkanes) is 2. The van der Waals surface area contributed by atoms with E-state index < -0.39 is 14.7 Å².